The van der Waals surface area contributed by atoms with Crippen LogP contribution in [0.1, 0.15) is 38.8 Å². The van der Waals surface area contributed by atoms with Crippen molar-refractivity contribution in [3.05, 3.63) is 35.9 Å². The van der Waals surface area contributed by atoms with Crippen LogP contribution < -0.4 is 0 Å². The molecule has 1 heterocycles. The molecule has 6 nitrogen and oxygen atoms in total. The van der Waals surface area contributed by atoms with Gasteiger partial charge in [-0.15, -0.1) is 0 Å². The quantitative estimate of drug-likeness (QED) is 0.920. The third-order valence-electron chi connectivity index (χ3n) is 3.90. The van der Waals surface area contributed by atoms with Gasteiger partial charge in [-0.05, 0) is 32.8 Å². The molecule has 0 unspecified atom stereocenters. The van der Waals surface area contributed by atoms with E-state index < -0.39 is 17.6 Å². The molecule has 1 amide bonds. The molecule has 6 heteroatoms. The highest BCUT2D eigenvalue weighted by molar-refractivity contribution is 5.75. The van der Waals surface area contributed by atoms with E-state index in [-0.39, 0.29) is 6.09 Å². The number of ether oxygens (including phenoxy) is 1. The Morgan fingerprint density at radius 3 is 2.33 bits per heavy atom. The van der Waals surface area contributed by atoms with Gasteiger partial charge in [0.15, 0.2) is 0 Å². The zero-order valence-electron chi connectivity index (χ0n) is 14.6. The molecular formula is C18H26N2O4. The van der Waals surface area contributed by atoms with Crippen LogP contribution in [-0.4, -0.2) is 58.7 Å². The average molecular weight is 334 g/mol. The third kappa shape index (κ3) is 4.96. The van der Waals surface area contributed by atoms with E-state index >= 15 is 0 Å². The summed E-state index contributed by atoms with van der Waals surface area (Å²) in [7, 11) is 0. The Balaban J connectivity index is 2.06. The van der Waals surface area contributed by atoms with E-state index in [4.69, 9.17) is 4.74 Å². The van der Waals surface area contributed by atoms with Gasteiger partial charge in [-0.1, -0.05) is 30.3 Å². The summed E-state index contributed by atoms with van der Waals surface area (Å²) in [5.74, 6) is -0.869. The van der Waals surface area contributed by atoms with Crippen LogP contribution in [0.25, 0.3) is 0 Å². The van der Waals surface area contributed by atoms with Crippen molar-refractivity contribution in [1.29, 1.82) is 0 Å². The van der Waals surface area contributed by atoms with E-state index in [0.717, 1.165) is 12.0 Å². The largest absolute Gasteiger partial charge is 0.480 e. The van der Waals surface area contributed by atoms with E-state index in [1.807, 2.05) is 56.0 Å². The molecule has 1 aliphatic heterocycles. The van der Waals surface area contributed by atoms with Gasteiger partial charge in [-0.25, -0.2) is 4.79 Å². The summed E-state index contributed by atoms with van der Waals surface area (Å²) in [5.41, 5.74) is 0.229. The van der Waals surface area contributed by atoms with Crippen LogP contribution in [-0.2, 0) is 9.53 Å². The lowest BCUT2D eigenvalue weighted by Crippen LogP contribution is -2.40. The summed E-state index contributed by atoms with van der Waals surface area (Å²) in [6.07, 6.45) is 0.381. The van der Waals surface area contributed by atoms with Gasteiger partial charge in [0, 0.05) is 26.2 Å². The van der Waals surface area contributed by atoms with Crippen molar-refractivity contribution < 1.29 is 19.4 Å². The fourth-order valence-corrected chi connectivity index (χ4v) is 2.85. The van der Waals surface area contributed by atoms with Gasteiger partial charge in [-0.3, -0.25) is 9.69 Å². The van der Waals surface area contributed by atoms with Crippen LogP contribution in [0.15, 0.2) is 30.3 Å². The lowest BCUT2D eigenvalue weighted by molar-refractivity contribution is -0.143. The first kappa shape index (κ1) is 18.3. The number of rotatable bonds is 3. The van der Waals surface area contributed by atoms with Gasteiger partial charge in [0.05, 0.1) is 0 Å². The second-order valence-corrected chi connectivity index (χ2v) is 7.01. The number of nitrogens with zero attached hydrogens (tertiary/aromatic N) is 2. The van der Waals surface area contributed by atoms with Crippen LogP contribution in [0, 0.1) is 0 Å². The van der Waals surface area contributed by atoms with Crippen molar-refractivity contribution in [1.82, 2.24) is 9.80 Å². The minimum absolute atomic E-state index is 0.337. The van der Waals surface area contributed by atoms with Crippen molar-refractivity contribution in [2.45, 2.75) is 38.8 Å². The number of aliphatic carboxylic acids is 1. The van der Waals surface area contributed by atoms with Crippen molar-refractivity contribution in [2.75, 3.05) is 26.2 Å². The normalized spacial score (nSPS) is 17.9. The molecule has 1 aliphatic rings. The van der Waals surface area contributed by atoms with Crippen molar-refractivity contribution in [3.63, 3.8) is 0 Å². The fraction of sp³-hybridized carbons (Fsp3) is 0.556. The molecule has 0 spiro atoms. The Morgan fingerprint density at radius 1 is 1.08 bits per heavy atom. The highest BCUT2D eigenvalue weighted by Gasteiger charge is 2.31. The van der Waals surface area contributed by atoms with Gasteiger partial charge in [0.25, 0.3) is 0 Å². The predicted molar refractivity (Wildman–Crippen MR) is 90.8 cm³/mol. The lowest BCUT2D eigenvalue weighted by atomic mass is 10.1. The molecule has 1 N–H and O–H groups in total. The summed E-state index contributed by atoms with van der Waals surface area (Å²) in [5, 5.41) is 9.65. The zero-order chi connectivity index (χ0) is 17.7. The molecule has 0 bridgehead atoms. The predicted octanol–water partition coefficient (Wildman–Crippen LogP) is 2.76. The molecule has 2 rings (SSSR count). The molecule has 1 aromatic rings. The summed E-state index contributed by atoms with van der Waals surface area (Å²) in [4.78, 5) is 27.6. The van der Waals surface area contributed by atoms with E-state index in [0.29, 0.717) is 26.2 Å². The number of hydrogen-bond acceptors (Lipinski definition) is 4. The second-order valence-electron chi connectivity index (χ2n) is 7.01. The maximum atomic E-state index is 12.2. The van der Waals surface area contributed by atoms with Gasteiger partial charge in [0.1, 0.15) is 11.6 Å². The molecule has 0 radical (unpaired) electrons. The van der Waals surface area contributed by atoms with E-state index in [9.17, 15) is 14.7 Å². The van der Waals surface area contributed by atoms with Gasteiger partial charge >= 0.3 is 12.1 Å². The first-order valence-electron chi connectivity index (χ1n) is 8.27. The fourth-order valence-electron chi connectivity index (χ4n) is 2.85. The SMILES string of the molecule is CC(C)(C)OC(=O)N1CCCN([C@H](C(=O)O)c2ccccc2)CC1. The summed E-state index contributed by atoms with van der Waals surface area (Å²) >= 11 is 0. The number of carbonyl (C=O) groups excluding carboxylic acids is 1. The topological polar surface area (TPSA) is 70.1 Å². The number of carboxylic acid groups (broad SMARTS) is 1. The molecule has 1 fully saturated rings. The van der Waals surface area contributed by atoms with Crippen LogP contribution in [0.5, 0.6) is 0 Å². The molecule has 24 heavy (non-hydrogen) atoms. The number of carbonyl (C=O) groups is 2. The first-order chi connectivity index (χ1) is 11.3. The average Bonchev–Trinajstić information content (AvgIpc) is 2.72. The number of hydrogen-bond donors (Lipinski definition) is 1. The molecule has 1 saturated heterocycles. The molecule has 132 valence electrons. The first-order valence-corrected chi connectivity index (χ1v) is 8.27. The lowest BCUT2D eigenvalue weighted by Gasteiger charge is -2.28. The molecule has 1 aromatic carbocycles. The van der Waals surface area contributed by atoms with Crippen molar-refractivity contribution in [3.8, 4) is 0 Å². The Kier molecular flexibility index (Phi) is 5.83. The molecule has 0 saturated carbocycles. The maximum absolute atomic E-state index is 12.2. The van der Waals surface area contributed by atoms with Gasteiger partial charge in [-0.2, -0.15) is 0 Å². The zero-order valence-corrected chi connectivity index (χ0v) is 14.6. The van der Waals surface area contributed by atoms with Crippen LogP contribution in [0.4, 0.5) is 4.79 Å². The van der Waals surface area contributed by atoms with Crippen LogP contribution in [0.3, 0.4) is 0 Å². The number of benzene rings is 1. The van der Waals surface area contributed by atoms with E-state index in [1.165, 1.54) is 0 Å². The Labute approximate surface area is 143 Å². The minimum atomic E-state index is -0.869. The Bertz CT molecular complexity index is 568. The number of carboxylic acids is 1. The Hall–Kier alpha value is -2.08. The minimum Gasteiger partial charge on any atom is -0.480 e. The molecule has 0 aromatic heterocycles. The smallest absolute Gasteiger partial charge is 0.410 e. The van der Waals surface area contributed by atoms with Gasteiger partial charge < -0.3 is 14.7 Å². The maximum Gasteiger partial charge on any atom is 0.410 e. The standard InChI is InChI=1S/C18H26N2O4/c1-18(2,3)24-17(23)20-11-7-10-19(12-13-20)15(16(21)22)14-8-5-4-6-9-14/h4-6,8-9,15H,7,10-13H2,1-3H3,(H,21,22)/t15-/m0/s1. The van der Waals surface area contributed by atoms with E-state index in [2.05, 4.69) is 0 Å². The van der Waals surface area contributed by atoms with E-state index in [1.54, 1.807) is 4.90 Å². The summed E-state index contributed by atoms with van der Waals surface area (Å²) < 4.78 is 5.41. The number of amides is 1. The molecular weight excluding hydrogens is 308 g/mol. The monoisotopic (exact) mass is 334 g/mol. The summed E-state index contributed by atoms with van der Waals surface area (Å²) in [6.45, 7) is 7.69. The third-order valence-corrected chi connectivity index (χ3v) is 3.90. The van der Waals surface area contributed by atoms with Crippen LogP contribution in [0.2, 0.25) is 0 Å². The Morgan fingerprint density at radius 2 is 1.75 bits per heavy atom. The van der Waals surface area contributed by atoms with Crippen molar-refractivity contribution in [2.24, 2.45) is 0 Å². The highest BCUT2D eigenvalue weighted by atomic mass is 16.6. The molecule has 1 atom stereocenters. The van der Waals surface area contributed by atoms with Crippen molar-refractivity contribution >= 4 is 12.1 Å². The van der Waals surface area contributed by atoms with Crippen LogP contribution >= 0.6 is 0 Å². The summed E-state index contributed by atoms with van der Waals surface area (Å²) in [6, 6.07) is 8.52. The second kappa shape index (κ2) is 7.66. The highest BCUT2D eigenvalue weighted by Crippen LogP contribution is 2.23. The molecule has 0 aliphatic carbocycles. The van der Waals surface area contributed by atoms with Gasteiger partial charge in [0.2, 0.25) is 0 Å².